The number of aromatic nitrogens is 2. The number of nitrogens with zero attached hydrogens (tertiary/aromatic N) is 4. The summed E-state index contributed by atoms with van der Waals surface area (Å²) in [5.74, 6) is 0.109. The van der Waals surface area contributed by atoms with Crippen molar-refractivity contribution < 1.29 is 9.66 Å². The van der Waals surface area contributed by atoms with Crippen LogP contribution in [-0.4, -0.2) is 32.5 Å². The van der Waals surface area contributed by atoms with Gasteiger partial charge in [0, 0.05) is 0 Å². The number of hydrogen-bond acceptors (Lipinski definition) is 4. The molecule has 0 radical (unpaired) electrons. The first-order valence-electron chi connectivity index (χ1n) is 3.43. The Morgan fingerprint density at radius 1 is 1.62 bits per heavy atom. The Morgan fingerprint density at radius 2 is 2.23 bits per heavy atom. The van der Waals surface area contributed by atoms with E-state index in [-0.39, 0.29) is 11.6 Å². The predicted octanol–water partition coefficient (Wildman–Crippen LogP) is -0.113. The minimum atomic E-state index is -0.560. The molecule has 0 aromatic carbocycles. The van der Waals surface area contributed by atoms with Crippen LogP contribution in [-0.2, 0) is 7.05 Å². The Hall–Kier alpha value is -1.92. The predicted molar refractivity (Wildman–Crippen MR) is 44.6 cm³/mol. The summed E-state index contributed by atoms with van der Waals surface area (Å²) in [4.78, 5) is 13.5. The first kappa shape index (κ1) is 9.17. The van der Waals surface area contributed by atoms with Gasteiger partial charge in [-0.15, -0.1) is 0 Å². The largest absolute Gasteiger partial charge is 0.624 e. The molecule has 1 heterocycles. The molecule has 7 heteroatoms. The van der Waals surface area contributed by atoms with Crippen molar-refractivity contribution >= 4 is 12.0 Å². The van der Waals surface area contributed by atoms with Crippen LogP contribution in [0.15, 0.2) is 6.20 Å². The van der Waals surface area contributed by atoms with Crippen LogP contribution in [0, 0.1) is 15.3 Å². The van der Waals surface area contributed by atoms with E-state index in [1.54, 1.807) is 0 Å². The highest BCUT2D eigenvalue weighted by molar-refractivity contribution is 5.71. The summed E-state index contributed by atoms with van der Waals surface area (Å²) in [6.45, 7) is 0. The average molecular weight is 184 g/mol. The summed E-state index contributed by atoms with van der Waals surface area (Å²) in [6.07, 6.45) is 2.27. The van der Waals surface area contributed by atoms with Gasteiger partial charge in [0.2, 0.25) is 6.21 Å². The third-order valence-electron chi connectivity index (χ3n) is 1.48. The first-order valence-corrected chi connectivity index (χ1v) is 3.43. The molecule has 13 heavy (non-hydrogen) atoms. The van der Waals surface area contributed by atoms with Gasteiger partial charge in [0.1, 0.15) is 13.2 Å². The van der Waals surface area contributed by atoms with Gasteiger partial charge in [0.25, 0.3) is 5.82 Å². The Kier molecular flexibility index (Phi) is 2.27. The van der Waals surface area contributed by atoms with E-state index in [0.29, 0.717) is 4.74 Å². The number of hydroxylamine groups is 1. The number of nitro groups is 1. The van der Waals surface area contributed by atoms with Crippen molar-refractivity contribution in [3.05, 3.63) is 27.3 Å². The molecule has 0 N–H and O–H groups in total. The number of imidazole rings is 1. The van der Waals surface area contributed by atoms with Crippen molar-refractivity contribution in [1.29, 1.82) is 0 Å². The van der Waals surface area contributed by atoms with E-state index < -0.39 is 4.92 Å². The Morgan fingerprint density at radius 3 is 2.62 bits per heavy atom. The van der Waals surface area contributed by atoms with Crippen molar-refractivity contribution in [3.8, 4) is 0 Å². The van der Waals surface area contributed by atoms with E-state index >= 15 is 0 Å². The maximum Gasteiger partial charge on any atom is 0.343 e. The van der Waals surface area contributed by atoms with Gasteiger partial charge < -0.3 is 15.3 Å². The van der Waals surface area contributed by atoms with Gasteiger partial charge in [-0.1, -0.05) is 0 Å². The van der Waals surface area contributed by atoms with Crippen LogP contribution < -0.4 is 0 Å². The SMILES string of the molecule is Cn1c([N+](=O)[O-])cnc1C=[N+](C)[O-]. The second-order valence-electron chi connectivity index (χ2n) is 2.47. The number of rotatable bonds is 2. The lowest BCUT2D eigenvalue weighted by Crippen LogP contribution is -2.06. The van der Waals surface area contributed by atoms with Crippen LogP contribution in [0.1, 0.15) is 5.82 Å². The highest BCUT2D eigenvalue weighted by atomic mass is 16.6. The molecule has 7 nitrogen and oxygen atoms in total. The van der Waals surface area contributed by atoms with Crippen molar-refractivity contribution in [2.75, 3.05) is 7.05 Å². The van der Waals surface area contributed by atoms with Crippen LogP contribution in [0.5, 0.6) is 0 Å². The fraction of sp³-hybridized carbons (Fsp3) is 0.333. The zero-order valence-corrected chi connectivity index (χ0v) is 7.17. The fourth-order valence-corrected chi connectivity index (χ4v) is 0.867. The van der Waals surface area contributed by atoms with Crippen LogP contribution in [0.3, 0.4) is 0 Å². The van der Waals surface area contributed by atoms with E-state index in [1.165, 1.54) is 18.7 Å². The van der Waals surface area contributed by atoms with Crippen LogP contribution in [0.2, 0.25) is 0 Å². The lowest BCUT2D eigenvalue weighted by Gasteiger charge is -1.94. The zero-order valence-electron chi connectivity index (χ0n) is 7.17. The standard InChI is InChI=1S/C6H8N4O3/c1-8(11)4-5-7-3-6(9(5)2)10(12)13/h3-4H,1-2H3. The van der Waals surface area contributed by atoms with E-state index in [1.807, 2.05) is 0 Å². The molecule has 0 bridgehead atoms. The highest BCUT2D eigenvalue weighted by Crippen LogP contribution is 2.09. The fourth-order valence-electron chi connectivity index (χ4n) is 0.867. The van der Waals surface area contributed by atoms with Crippen LogP contribution in [0.25, 0.3) is 0 Å². The molecule has 0 aliphatic heterocycles. The Bertz CT molecular complexity index is 364. The molecule has 1 aromatic rings. The molecular formula is C6H8N4O3. The van der Waals surface area contributed by atoms with Gasteiger partial charge in [-0.25, -0.2) is 14.3 Å². The molecular weight excluding hydrogens is 176 g/mol. The second-order valence-corrected chi connectivity index (χ2v) is 2.47. The molecule has 0 saturated heterocycles. The summed E-state index contributed by atoms with van der Waals surface area (Å²) < 4.78 is 1.76. The zero-order chi connectivity index (χ0) is 10.0. The van der Waals surface area contributed by atoms with Gasteiger partial charge in [0.05, 0.1) is 7.05 Å². The summed E-state index contributed by atoms with van der Waals surface area (Å²) in [7, 11) is 2.75. The molecule has 1 rings (SSSR count). The quantitative estimate of drug-likeness (QED) is 0.211. The maximum atomic E-state index is 10.6. The van der Waals surface area contributed by atoms with Crippen LogP contribution in [0.4, 0.5) is 5.82 Å². The monoisotopic (exact) mass is 184 g/mol. The average Bonchev–Trinajstić information content (AvgIpc) is 2.32. The maximum absolute atomic E-state index is 10.6. The van der Waals surface area contributed by atoms with Gasteiger partial charge in [-0.05, 0) is 4.92 Å². The molecule has 0 spiro atoms. The molecule has 0 atom stereocenters. The third-order valence-corrected chi connectivity index (χ3v) is 1.48. The summed E-state index contributed by atoms with van der Waals surface area (Å²) >= 11 is 0. The first-order chi connectivity index (χ1) is 6.02. The molecule has 0 unspecified atom stereocenters. The topological polar surface area (TPSA) is 87.0 Å². The van der Waals surface area contributed by atoms with E-state index in [2.05, 4.69) is 4.98 Å². The Labute approximate surface area is 73.7 Å². The van der Waals surface area contributed by atoms with Crippen molar-refractivity contribution in [2.45, 2.75) is 0 Å². The summed E-state index contributed by atoms with van der Waals surface area (Å²) in [5, 5.41) is 20.9. The smallest absolute Gasteiger partial charge is 0.343 e. The van der Waals surface area contributed by atoms with Gasteiger partial charge in [-0.3, -0.25) is 0 Å². The lowest BCUT2D eigenvalue weighted by atomic mass is 10.6. The minimum Gasteiger partial charge on any atom is -0.624 e. The Balaban J connectivity index is 3.14. The molecule has 0 fully saturated rings. The molecule has 1 aromatic heterocycles. The number of hydrogen-bond donors (Lipinski definition) is 0. The molecule has 0 amide bonds. The van der Waals surface area contributed by atoms with Crippen LogP contribution >= 0.6 is 0 Å². The summed E-state index contributed by atoms with van der Waals surface area (Å²) in [5.41, 5.74) is 0. The normalized spacial score (nSPS) is 11.7. The third kappa shape index (κ3) is 1.81. The molecule has 70 valence electrons. The second kappa shape index (κ2) is 3.21. The van der Waals surface area contributed by atoms with Crippen molar-refractivity contribution in [1.82, 2.24) is 9.55 Å². The van der Waals surface area contributed by atoms with Gasteiger partial charge >= 0.3 is 5.82 Å². The minimum absolute atomic E-state index is 0.145. The summed E-state index contributed by atoms with van der Waals surface area (Å²) in [6, 6.07) is 0. The molecule has 0 saturated carbocycles. The molecule has 0 aliphatic carbocycles. The lowest BCUT2D eigenvalue weighted by molar-refractivity contribution is -0.417. The van der Waals surface area contributed by atoms with Gasteiger partial charge in [-0.2, -0.15) is 0 Å². The van der Waals surface area contributed by atoms with E-state index in [0.717, 1.165) is 12.4 Å². The molecule has 0 aliphatic rings. The van der Waals surface area contributed by atoms with E-state index in [9.17, 15) is 15.3 Å². The van der Waals surface area contributed by atoms with E-state index in [4.69, 9.17) is 0 Å². The highest BCUT2D eigenvalue weighted by Gasteiger charge is 2.16. The van der Waals surface area contributed by atoms with Crippen molar-refractivity contribution in [3.63, 3.8) is 0 Å². The van der Waals surface area contributed by atoms with Crippen molar-refractivity contribution in [2.24, 2.45) is 7.05 Å². The van der Waals surface area contributed by atoms with Gasteiger partial charge in [0.15, 0.2) is 0 Å².